The predicted octanol–water partition coefficient (Wildman–Crippen LogP) is 4.55. The molecule has 26 heavy (non-hydrogen) atoms. The molecule has 4 nitrogen and oxygen atoms in total. The number of aromatic nitrogens is 1. The lowest BCUT2D eigenvalue weighted by atomic mass is 9.92. The van der Waals surface area contributed by atoms with E-state index in [2.05, 4.69) is 18.8 Å². The van der Waals surface area contributed by atoms with Crippen molar-refractivity contribution >= 4 is 23.3 Å². The van der Waals surface area contributed by atoms with E-state index in [0.717, 1.165) is 35.1 Å². The summed E-state index contributed by atoms with van der Waals surface area (Å²) in [5.74, 6) is 2.02. The van der Waals surface area contributed by atoms with Crippen LogP contribution >= 0.6 is 11.3 Å². The third kappa shape index (κ3) is 5.18. The number of nitrogens with zero attached hydrogens (tertiary/aromatic N) is 2. The standard InChI is InChI=1S/C21H26N2O2S/c1-15-9-16(2)12-23(11-15)21(24)8-7-18-5-4-6-20(10-18)25-13-19-14-26-17(3)22-19/h4-8,10,14-16H,9,11-13H2,1-3H3. The van der Waals surface area contributed by atoms with Crippen LogP contribution in [0.25, 0.3) is 6.08 Å². The van der Waals surface area contributed by atoms with Crippen LogP contribution in [0.1, 0.15) is 36.5 Å². The highest BCUT2D eigenvalue weighted by Gasteiger charge is 2.23. The maximum absolute atomic E-state index is 12.5. The van der Waals surface area contributed by atoms with Crippen molar-refractivity contribution in [1.82, 2.24) is 9.88 Å². The van der Waals surface area contributed by atoms with Crippen molar-refractivity contribution in [3.63, 3.8) is 0 Å². The molecule has 2 heterocycles. The molecule has 2 aromatic rings. The normalized spacial score (nSPS) is 20.5. The molecule has 1 fully saturated rings. The van der Waals surface area contributed by atoms with Crippen LogP contribution in [0.2, 0.25) is 0 Å². The number of amides is 1. The van der Waals surface area contributed by atoms with Crippen LogP contribution in [0.3, 0.4) is 0 Å². The second-order valence-corrected chi connectivity index (χ2v) is 8.30. The van der Waals surface area contributed by atoms with Crippen LogP contribution in [-0.4, -0.2) is 28.9 Å². The Bertz CT molecular complexity index is 774. The summed E-state index contributed by atoms with van der Waals surface area (Å²) in [7, 11) is 0. The lowest BCUT2D eigenvalue weighted by molar-refractivity contribution is -0.128. The number of piperidine rings is 1. The van der Waals surface area contributed by atoms with E-state index in [4.69, 9.17) is 4.74 Å². The van der Waals surface area contributed by atoms with Gasteiger partial charge in [-0.1, -0.05) is 26.0 Å². The summed E-state index contributed by atoms with van der Waals surface area (Å²) in [4.78, 5) is 18.8. The SMILES string of the molecule is Cc1nc(COc2cccc(C=CC(=O)N3CC(C)CC(C)C3)c2)cs1. The van der Waals surface area contributed by atoms with Crippen LogP contribution in [0.15, 0.2) is 35.7 Å². The van der Waals surface area contributed by atoms with Gasteiger partial charge in [0.05, 0.1) is 10.7 Å². The lowest BCUT2D eigenvalue weighted by Gasteiger charge is -2.34. The Morgan fingerprint density at radius 3 is 2.81 bits per heavy atom. The van der Waals surface area contributed by atoms with E-state index in [1.807, 2.05) is 47.5 Å². The molecule has 1 amide bonds. The first-order valence-corrected chi connectivity index (χ1v) is 9.98. The third-order valence-electron chi connectivity index (χ3n) is 4.51. The van der Waals surface area contributed by atoms with E-state index >= 15 is 0 Å². The van der Waals surface area contributed by atoms with Crippen molar-refractivity contribution in [2.75, 3.05) is 13.1 Å². The number of carbonyl (C=O) groups is 1. The van der Waals surface area contributed by atoms with Crippen LogP contribution in [0, 0.1) is 18.8 Å². The molecule has 138 valence electrons. The highest BCUT2D eigenvalue weighted by Crippen LogP contribution is 2.22. The zero-order chi connectivity index (χ0) is 18.5. The molecule has 2 unspecified atom stereocenters. The van der Waals surface area contributed by atoms with E-state index in [1.54, 1.807) is 17.4 Å². The molecule has 0 bridgehead atoms. The minimum absolute atomic E-state index is 0.0904. The first kappa shape index (κ1) is 18.6. The molecule has 1 saturated heterocycles. The van der Waals surface area contributed by atoms with Crippen molar-refractivity contribution in [3.05, 3.63) is 52.0 Å². The summed E-state index contributed by atoms with van der Waals surface area (Å²) < 4.78 is 5.81. The van der Waals surface area contributed by atoms with Crippen molar-refractivity contribution in [2.24, 2.45) is 11.8 Å². The molecular weight excluding hydrogens is 344 g/mol. The number of carbonyl (C=O) groups excluding carboxylic acids is 1. The summed E-state index contributed by atoms with van der Waals surface area (Å²) in [5, 5.41) is 3.05. The Hall–Kier alpha value is -2.14. The molecule has 0 spiro atoms. The molecule has 0 aliphatic carbocycles. The quantitative estimate of drug-likeness (QED) is 0.725. The third-order valence-corrected chi connectivity index (χ3v) is 5.33. The number of likely N-dealkylation sites (tertiary alicyclic amines) is 1. The number of ether oxygens (including phenoxy) is 1. The number of hydrogen-bond donors (Lipinski definition) is 0. The lowest BCUT2D eigenvalue weighted by Crippen LogP contribution is -2.41. The van der Waals surface area contributed by atoms with Crippen LogP contribution < -0.4 is 4.74 Å². The first-order chi connectivity index (χ1) is 12.5. The summed E-state index contributed by atoms with van der Waals surface area (Å²) in [6.07, 6.45) is 4.74. The van der Waals surface area contributed by atoms with Gasteiger partial charge in [-0.15, -0.1) is 11.3 Å². The van der Waals surface area contributed by atoms with Crippen molar-refractivity contribution in [3.8, 4) is 5.75 Å². The van der Waals surface area contributed by atoms with E-state index in [9.17, 15) is 4.79 Å². The Labute approximate surface area is 159 Å². The Kier molecular flexibility index (Phi) is 6.09. The van der Waals surface area contributed by atoms with Gasteiger partial charge < -0.3 is 9.64 Å². The molecule has 3 rings (SSSR count). The van der Waals surface area contributed by atoms with E-state index in [1.165, 1.54) is 6.42 Å². The van der Waals surface area contributed by atoms with Gasteiger partial charge in [0, 0.05) is 24.5 Å². The van der Waals surface area contributed by atoms with Crippen LogP contribution in [0.4, 0.5) is 0 Å². The Morgan fingerprint density at radius 1 is 1.35 bits per heavy atom. The second kappa shape index (κ2) is 8.49. The van der Waals surface area contributed by atoms with Gasteiger partial charge in [0.25, 0.3) is 0 Å². The van der Waals surface area contributed by atoms with Crippen LogP contribution in [0.5, 0.6) is 5.75 Å². The molecule has 5 heteroatoms. The molecule has 1 aliphatic rings. The van der Waals surface area contributed by atoms with Crippen molar-refractivity contribution in [2.45, 2.75) is 33.8 Å². The van der Waals surface area contributed by atoms with Gasteiger partial charge in [0.1, 0.15) is 12.4 Å². The van der Waals surface area contributed by atoms with Crippen molar-refractivity contribution in [1.29, 1.82) is 0 Å². The fourth-order valence-corrected chi connectivity index (χ4v) is 4.05. The number of thiazole rings is 1. The number of benzene rings is 1. The summed E-state index contributed by atoms with van der Waals surface area (Å²) >= 11 is 1.62. The van der Waals surface area contributed by atoms with Gasteiger partial charge in [-0.25, -0.2) is 4.98 Å². The zero-order valence-corrected chi connectivity index (χ0v) is 16.5. The number of hydrogen-bond acceptors (Lipinski definition) is 4. The average Bonchev–Trinajstić information content (AvgIpc) is 3.03. The molecule has 1 aromatic heterocycles. The Balaban J connectivity index is 1.59. The average molecular weight is 371 g/mol. The predicted molar refractivity (Wildman–Crippen MR) is 106 cm³/mol. The largest absolute Gasteiger partial charge is 0.487 e. The highest BCUT2D eigenvalue weighted by atomic mass is 32.1. The fourth-order valence-electron chi connectivity index (χ4n) is 3.46. The highest BCUT2D eigenvalue weighted by molar-refractivity contribution is 7.09. The van der Waals surface area contributed by atoms with Crippen molar-refractivity contribution < 1.29 is 9.53 Å². The summed E-state index contributed by atoms with van der Waals surface area (Å²) in [6, 6.07) is 7.79. The van der Waals surface area contributed by atoms with E-state index in [-0.39, 0.29) is 5.91 Å². The topological polar surface area (TPSA) is 42.4 Å². The van der Waals surface area contributed by atoms with E-state index in [0.29, 0.717) is 18.4 Å². The summed E-state index contributed by atoms with van der Waals surface area (Å²) in [5.41, 5.74) is 1.90. The van der Waals surface area contributed by atoms with Gasteiger partial charge in [0.15, 0.2) is 0 Å². The molecule has 0 N–H and O–H groups in total. The smallest absolute Gasteiger partial charge is 0.246 e. The molecule has 0 saturated carbocycles. The van der Waals surface area contributed by atoms with Gasteiger partial charge >= 0.3 is 0 Å². The zero-order valence-electron chi connectivity index (χ0n) is 15.6. The van der Waals surface area contributed by atoms with Gasteiger partial charge in [-0.2, -0.15) is 0 Å². The number of rotatable bonds is 5. The second-order valence-electron chi connectivity index (χ2n) is 7.24. The molecule has 2 atom stereocenters. The minimum atomic E-state index is 0.0904. The van der Waals surface area contributed by atoms with Gasteiger partial charge in [-0.3, -0.25) is 4.79 Å². The molecule has 1 aliphatic heterocycles. The first-order valence-electron chi connectivity index (χ1n) is 9.10. The van der Waals surface area contributed by atoms with Gasteiger partial charge in [0.2, 0.25) is 5.91 Å². The molecule has 1 aromatic carbocycles. The maximum Gasteiger partial charge on any atom is 0.246 e. The number of aryl methyl sites for hydroxylation is 1. The molecule has 0 radical (unpaired) electrons. The summed E-state index contributed by atoms with van der Waals surface area (Å²) in [6.45, 7) is 8.57. The van der Waals surface area contributed by atoms with E-state index < -0.39 is 0 Å². The molecular formula is C21H26N2O2S. The fraction of sp³-hybridized carbons (Fsp3) is 0.429. The monoisotopic (exact) mass is 370 g/mol. The Morgan fingerprint density at radius 2 is 2.12 bits per heavy atom. The van der Waals surface area contributed by atoms with Gasteiger partial charge in [-0.05, 0) is 49.0 Å². The van der Waals surface area contributed by atoms with Crippen LogP contribution in [-0.2, 0) is 11.4 Å². The maximum atomic E-state index is 12.5. The minimum Gasteiger partial charge on any atom is -0.487 e.